The number of rotatable bonds is 2. The molecule has 8 heteroatoms. The molecule has 2 aromatic rings. The molecular weight excluding hydrogens is 382 g/mol. The van der Waals surface area contributed by atoms with Crippen LogP contribution >= 0.6 is 0 Å². The lowest BCUT2D eigenvalue weighted by atomic mass is 10.1. The van der Waals surface area contributed by atoms with Gasteiger partial charge in [-0.3, -0.25) is 4.79 Å². The Labute approximate surface area is 177 Å². The standard InChI is InChI=1S/C22H31N5O3/c1-15-13-17(18-14-23-27(19(18)24-15)16-7-5-6-8-16)20(28)25-9-11-26(12-10-25)21(29)30-22(2,3)4/h13-14,16H,5-12H2,1-4H3. The highest BCUT2D eigenvalue weighted by atomic mass is 16.6. The number of fused-ring (bicyclic) bond motifs is 1. The number of aryl methyl sites for hydroxylation is 1. The Bertz CT molecular complexity index is 948. The molecule has 1 aliphatic carbocycles. The van der Waals surface area contributed by atoms with E-state index in [1.54, 1.807) is 11.1 Å². The van der Waals surface area contributed by atoms with E-state index in [1.807, 2.05) is 43.3 Å². The monoisotopic (exact) mass is 413 g/mol. The quantitative estimate of drug-likeness (QED) is 0.752. The Kier molecular flexibility index (Phi) is 5.42. The molecule has 1 aliphatic heterocycles. The van der Waals surface area contributed by atoms with Gasteiger partial charge in [0, 0.05) is 31.9 Å². The fraction of sp³-hybridized carbons (Fsp3) is 0.636. The van der Waals surface area contributed by atoms with Crippen LogP contribution in [0.15, 0.2) is 12.3 Å². The molecule has 0 aromatic carbocycles. The topological polar surface area (TPSA) is 80.6 Å². The van der Waals surface area contributed by atoms with E-state index in [2.05, 4.69) is 5.10 Å². The number of pyridine rings is 1. The molecule has 0 spiro atoms. The van der Waals surface area contributed by atoms with E-state index in [9.17, 15) is 9.59 Å². The van der Waals surface area contributed by atoms with E-state index in [-0.39, 0.29) is 12.0 Å². The minimum atomic E-state index is -0.524. The minimum Gasteiger partial charge on any atom is -0.444 e. The van der Waals surface area contributed by atoms with Crippen LogP contribution in [0.25, 0.3) is 11.0 Å². The number of nitrogens with zero attached hydrogens (tertiary/aromatic N) is 5. The second-order valence-corrected chi connectivity index (χ2v) is 9.34. The van der Waals surface area contributed by atoms with Crippen LogP contribution in [0.4, 0.5) is 4.79 Å². The molecule has 1 saturated heterocycles. The summed E-state index contributed by atoms with van der Waals surface area (Å²) < 4.78 is 7.45. The SMILES string of the molecule is Cc1cc(C(=O)N2CCN(C(=O)OC(C)(C)C)CC2)c2cnn(C3CCCC3)c2n1. The zero-order valence-electron chi connectivity index (χ0n) is 18.3. The second-order valence-electron chi connectivity index (χ2n) is 9.34. The van der Waals surface area contributed by atoms with E-state index < -0.39 is 5.60 Å². The molecule has 0 unspecified atom stereocenters. The van der Waals surface area contributed by atoms with Crippen molar-refractivity contribution < 1.29 is 14.3 Å². The van der Waals surface area contributed by atoms with Gasteiger partial charge >= 0.3 is 6.09 Å². The van der Waals surface area contributed by atoms with E-state index in [0.717, 1.165) is 29.6 Å². The molecule has 1 saturated carbocycles. The Morgan fingerprint density at radius 1 is 1.07 bits per heavy atom. The smallest absolute Gasteiger partial charge is 0.410 e. The third-order valence-electron chi connectivity index (χ3n) is 5.81. The summed E-state index contributed by atoms with van der Waals surface area (Å²) in [5.41, 5.74) is 1.74. The number of ether oxygens (including phenoxy) is 1. The lowest BCUT2D eigenvalue weighted by Crippen LogP contribution is -2.51. The van der Waals surface area contributed by atoms with E-state index in [4.69, 9.17) is 9.72 Å². The highest BCUT2D eigenvalue weighted by Gasteiger charge is 2.30. The van der Waals surface area contributed by atoms with Crippen molar-refractivity contribution in [2.45, 2.75) is 65.0 Å². The van der Waals surface area contributed by atoms with Crippen LogP contribution in [-0.4, -0.2) is 68.3 Å². The van der Waals surface area contributed by atoms with Crippen LogP contribution in [0.3, 0.4) is 0 Å². The van der Waals surface area contributed by atoms with Crippen LogP contribution in [-0.2, 0) is 4.74 Å². The van der Waals surface area contributed by atoms with Crippen LogP contribution < -0.4 is 0 Å². The maximum absolute atomic E-state index is 13.3. The van der Waals surface area contributed by atoms with Crippen LogP contribution in [0.5, 0.6) is 0 Å². The summed E-state index contributed by atoms with van der Waals surface area (Å²) in [5, 5.41) is 5.40. The summed E-state index contributed by atoms with van der Waals surface area (Å²) in [6.07, 6.45) is 6.11. The molecule has 3 heterocycles. The number of hydrogen-bond acceptors (Lipinski definition) is 5. The molecule has 162 valence electrons. The predicted octanol–water partition coefficient (Wildman–Crippen LogP) is 3.55. The maximum Gasteiger partial charge on any atom is 0.410 e. The fourth-order valence-corrected chi connectivity index (χ4v) is 4.33. The van der Waals surface area contributed by atoms with E-state index in [0.29, 0.717) is 37.8 Å². The first kappa shape index (κ1) is 20.6. The Morgan fingerprint density at radius 2 is 1.70 bits per heavy atom. The summed E-state index contributed by atoms with van der Waals surface area (Å²) in [7, 11) is 0. The number of carbonyl (C=O) groups excluding carboxylic acids is 2. The van der Waals surface area contributed by atoms with Gasteiger partial charge in [-0.05, 0) is 46.6 Å². The molecular formula is C22H31N5O3. The number of aromatic nitrogens is 3. The van der Waals surface area contributed by atoms with Gasteiger partial charge in [-0.2, -0.15) is 5.10 Å². The predicted molar refractivity (Wildman–Crippen MR) is 113 cm³/mol. The van der Waals surface area contributed by atoms with Gasteiger partial charge in [0.1, 0.15) is 5.60 Å². The fourth-order valence-electron chi connectivity index (χ4n) is 4.33. The zero-order valence-corrected chi connectivity index (χ0v) is 18.3. The molecule has 2 aromatic heterocycles. The Balaban J connectivity index is 1.51. The first-order valence-corrected chi connectivity index (χ1v) is 10.8. The number of piperazine rings is 1. The molecule has 0 atom stereocenters. The summed E-state index contributed by atoms with van der Waals surface area (Å²) in [5.74, 6) is -0.0275. The van der Waals surface area contributed by atoms with Crippen LogP contribution in [0.2, 0.25) is 0 Å². The van der Waals surface area contributed by atoms with Gasteiger partial charge in [0.2, 0.25) is 0 Å². The highest BCUT2D eigenvalue weighted by Crippen LogP contribution is 2.32. The lowest BCUT2D eigenvalue weighted by Gasteiger charge is -2.35. The average Bonchev–Trinajstić information content (AvgIpc) is 3.35. The van der Waals surface area contributed by atoms with Gasteiger partial charge in [0.15, 0.2) is 5.65 Å². The number of amides is 2. The van der Waals surface area contributed by atoms with Crippen molar-refractivity contribution in [3.63, 3.8) is 0 Å². The van der Waals surface area contributed by atoms with Crippen LogP contribution in [0, 0.1) is 6.92 Å². The molecule has 0 bridgehead atoms. The molecule has 0 N–H and O–H groups in total. The molecule has 2 amide bonds. The third-order valence-corrected chi connectivity index (χ3v) is 5.81. The van der Waals surface area contributed by atoms with Crippen molar-refractivity contribution >= 4 is 23.0 Å². The lowest BCUT2D eigenvalue weighted by molar-refractivity contribution is 0.0141. The van der Waals surface area contributed by atoms with Gasteiger partial charge in [0.05, 0.1) is 23.2 Å². The van der Waals surface area contributed by atoms with E-state index in [1.165, 1.54) is 12.8 Å². The first-order chi connectivity index (χ1) is 14.2. The maximum atomic E-state index is 13.3. The van der Waals surface area contributed by atoms with Crippen molar-refractivity contribution in [3.8, 4) is 0 Å². The average molecular weight is 414 g/mol. The summed E-state index contributed by atoms with van der Waals surface area (Å²) in [6.45, 7) is 9.39. The first-order valence-electron chi connectivity index (χ1n) is 10.8. The Hall–Kier alpha value is -2.64. The van der Waals surface area contributed by atoms with Gasteiger partial charge < -0.3 is 14.5 Å². The Morgan fingerprint density at radius 3 is 2.33 bits per heavy atom. The van der Waals surface area contributed by atoms with Crippen LogP contribution in [0.1, 0.15) is 68.5 Å². The van der Waals surface area contributed by atoms with Gasteiger partial charge in [-0.15, -0.1) is 0 Å². The van der Waals surface area contributed by atoms with Crippen molar-refractivity contribution in [3.05, 3.63) is 23.5 Å². The molecule has 2 fully saturated rings. The van der Waals surface area contributed by atoms with Crippen molar-refractivity contribution in [2.24, 2.45) is 0 Å². The highest BCUT2D eigenvalue weighted by molar-refractivity contribution is 6.05. The summed E-state index contributed by atoms with van der Waals surface area (Å²) in [4.78, 5) is 33.8. The normalized spacial score (nSPS) is 18.3. The molecule has 4 rings (SSSR count). The third kappa shape index (κ3) is 4.13. The number of hydrogen-bond donors (Lipinski definition) is 0. The van der Waals surface area contributed by atoms with Gasteiger partial charge in [0.25, 0.3) is 5.91 Å². The van der Waals surface area contributed by atoms with Crippen molar-refractivity contribution in [2.75, 3.05) is 26.2 Å². The molecule has 30 heavy (non-hydrogen) atoms. The van der Waals surface area contributed by atoms with E-state index >= 15 is 0 Å². The summed E-state index contributed by atoms with van der Waals surface area (Å²) >= 11 is 0. The van der Waals surface area contributed by atoms with Gasteiger partial charge in [-0.1, -0.05) is 12.8 Å². The molecule has 0 radical (unpaired) electrons. The second kappa shape index (κ2) is 7.89. The van der Waals surface area contributed by atoms with Crippen molar-refractivity contribution in [1.82, 2.24) is 24.6 Å². The summed E-state index contributed by atoms with van der Waals surface area (Å²) in [6, 6.07) is 2.23. The molecule has 2 aliphatic rings. The van der Waals surface area contributed by atoms with Gasteiger partial charge in [-0.25, -0.2) is 14.5 Å². The van der Waals surface area contributed by atoms with Crippen molar-refractivity contribution in [1.29, 1.82) is 0 Å². The zero-order chi connectivity index (χ0) is 21.5. The number of carbonyl (C=O) groups is 2. The largest absolute Gasteiger partial charge is 0.444 e. The molecule has 8 nitrogen and oxygen atoms in total. The minimum absolute atomic E-state index is 0.0275.